The number of amidine groups is 1. The van der Waals surface area contributed by atoms with Gasteiger partial charge in [0.2, 0.25) is 0 Å². The van der Waals surface area contributed by atoms with Gasteiger partial charge in [0.15, 0.2) is 0 Å². The van der Waals surface area contributed by atoms with Crippen molar-refractivity contribution in [3.05, 3.63) is 65.7 Å². The quantitative estimate of drug-likeness (QED) is 0.623. The maximum atomic E-state index is 7.23. The number of ether oxygens (including phenoxy) is 1. The first-order valence-corrected chi connectivity index (χ1v) is 5.82. The zero-order chi connectivity index (χ0) is 12.8. The van der Waals surface area contributed by atoms with Crippen LogP contribution < -0.4 is 10.5 Å². The van der Waals surface area contributed by atoms with Crippen molar-refractivity contribution >= 4 is 5.84 Å². The minimum Gasteiger partial charge on any atom is -0.489 e. The molecular formula is C15H16N2O. The van der Waals surface area contributed by atoms with E-state index in [0.29, 0.717) is 13.0 Å². The highest BCUT2D eigenvalue weighted by molar-refractivity contribution is 5.79. The lowest BCUT2D eigenvalue weighted by Gasteiger charge is -2.07. The van der Waals surface area contributed by atoms with Crippen LogP contribution >= 0.6 is 0 Å². The van der Waals surface area contributed by atoms with Crippen LogP contribution in [0.15, 0.2) is 54.6 Å². The fourth-order valence-corrected chi connectivity index (χ4v) is 1.66. The summed E-state index contributed by atoms with van der Waals surface area (Å²) in [5.41, 5.74) is 7.52. The van der Waals surface area contributed by atoms with Crippen LogP contribution in [-0.4, -0.2) is 5.84 Å². The molecule has 2 rings (SSSR count). The van der Waals surface area contributed by atoms with Gasteiger partial charge >= 0.3 is 0 Å². The summed E-state index contributed by atoms with van der Waals surface area (Å²) < 4.78 is 5.67. The van der Waals surface area contributed by atoms with Crippen molar-refractivity contribution in [2.24, 2.45) is 5.73 Å². The van der Waals surface area contributed by atoms with Crippen LogP contribution in [0.25, 0.3) is 0 Å². The first kappa shape index (κ1) is 12.2. The van der Waals surface area contributed by atoms with Gasteiger partial charge in [-0.05, 0) is 23.3 Å². The van der Waals surface area contributed by atoms with Crippen molar-refractivity contribution in [1.82, 2.24) is 0 Å². The molecule has 0 fully saturated rings. The Bertz CT molecular complexity index is 506. The first-order chi connectivity index (χ1) is 8.74. The Labute approximate surface area is 107 Å². The molecule has 0 aliphatic rings. The number of nitrogens with two attached hydrogens (primary N) is 1. The molecule has 2 aromatic rings. The van der Waals surface area contributed by atoms with Crippen LogP contribution in [0.1, 0.15) is 11.1 Å². The molecule has 0 aromatic heterocycles. The molecule has 0 amide bonds. The molecule has 0 radical (unpaired) electrons. The number of rotatable bonds is 5. The summed E-state index contributed by atoms with van der Waals surface area (Å²) in [6, 6.07) is 17.7. The summed E-state index contributed by atoms with van der Waals surface area (Å²) in [6.07, 6.45) is 0.485. The zero-order valence-electron chi connectivity index (χ0n) is 10.1. The molecule has 0 bridgehead atoms. The fourth-order valence-electron chi connectivity index (χ4n) is 1.66. The second-order valence-electron chi connectivity index (χ2n) is 4.12. The van der Waals surface area contributed by atoms with Crippen molar-refractivity contribution < 1.29 is 4.74 Å². The molecule has 0 spiro atoms. The minimum absolute atomic E-state index is 0.174. The monoisotopic (exact) mass is 240 g/mol. The van der Waals surface area contributed by atoms with Crippen molar-refractivity contribution in [1.29, 1.82) is 5.41 Å². The first-order valence-electron chi connectivity index (χ1n) is 5.82. The Kier molecular flexibility index (Phi) is 3.97. The van der Waals surface area contributed by atoms with Crippen LogP contribution in [0.3, 0.4) is 0 Å². The summed E-state index contributed by atoms with van der Waals surface area (Å²) in [6.45, 7) is 0.562. The maximum absolute atomic E-state index is 7.23. The smallest absolute Gasteiger partial charge is 0.119 e. The third-order valence-corrected chi connectivity index (χ3v) is 2.57. The predicted molar refractivity (Wildman–Crippen MR) is 72.8 cm³/mol. The van der Waals surface area contributed by atoms with E-state index >= 15 is 0 Å². The van der Waals surface area contributed by atoms with Crippen molar-refractivity contribution in [2.75, 3.05) is 0 Å². The molecule has 2 aromatic carbocycles. The molecule has 0 atom stereocenters. The van der Waals surface area contributed by atoms with Crippen molar-refractivity contribution in [3.8, 4) is 5.75 Å². The van der Waals surface area contributed by atoms with Gasteiger partial charge in [-0.3, -0.25) is 5.41 Å². The molecular weight excluding hydrogens is 224 g/mol. The molecule has 3 N–H and O–H groups in total. The molecule has 92 valence electrons. The van der Waals surface area contributed by atoms with Gasteiger partial charge < -0.3 is 10.5 Å². The Balaban J connectivity index is 1.92. The van der Waals surface area contributed by atoms with E-state index in [1.807, 2.05) is 54.6 Å². The van der Waals surface area contributed by atoms with Crippen LogP contribution in [0.4, 0.5) is 0 Å². The summed E-state index contributed by atoms with van der Waals surface area (Å²) in [7, 11) is 0. The number of hydrogen-bond donors (Lipinski definition) is 2. The molecule has 0 unspecified atom stereocenters. The van der Waals surface area contributed by atoms with E-state index in [9.17, 15) is 0 Å². The summed E-state index contributed by atoms with van der Waals surface area (Å²) in [5.74, 6) is 0.999. The van der Waals surface area contributed by atoms with Gasteiger partial charge in [0, 0.05) is 6.42 Å². The van der Waals surface area contributed by atoms with Gasteiger partial charge in [0.25, 0.3) is 0 Å². The third-order valence-electron chi connectivity index (χ3n) is 2.57. The second-order valence-corrected chi connectivity index (χ2v) is 4.12. The van der Waals surface area contributed by atoms with E-state index < -0.39 is 0 Å². The van der Waals surface area contributed by atoms with E-state index in [-0.39, 0.29) is 5.84 Å². The van der Waals surface area contributed by atoms with E-state index in [4.69, 9.17) is 15.9 Å². The van der Waals surface area contributed by atoms with Crippen molar-refractivity contribution in [2.45, 2.75) is 13.0 Å². The standard InChI is InChI=1S/C15H16N2O/c16-15(17)10-12-6-8-14(9-7-12)18-11-13-4-2-1-3-5-13/h1-9H,10-11H2,(H3,16,17). The lowest BCUT2D eigenvalue weighted by molar-refractivity contribution is 0.306. The number of hydrogen-bond acceptors (Lipinski definition) is 2. The molecule has 0 heterocycles. The average Bonchev–Trinajstić information content (AvgIpc) is 2.38. The van der Waals surface area contributed by atoms with Gasteiger partial charge in [-0.2, -0.15) is 0 Å². The SMILES string of the molecule is N=C(N)Cc1ccc(OCc2ccccc2)cc1. The average molecular weight is 240 g/mol. The molecule has 3 heteroatoms. The molecule has 0 saturated carbocycles. The van der Waals surface area contributed by atoms with Crippen LogP contribution in [-0.2, 0) is 13.0 Å². The van der Waals surface area contributed by atoms with E-state index in [2.05, 4.69) is 0 Å². The third kappa shape index (κ3) is 3.63. The van der Waals surface area contributed by atoms with E-state index in [1.54, 1.807) is 0 Å². The summed E-state index contributed by atoms with van der Waals surface area (Å²) >= 11 is 0. The van der Waals surface area contributed by atoms with Gasteiger partial charge in [-0.25, -0.2) is 0 Å². The van der Waals surface area contributed by atoms with E-state index in [0.717, 1.165) is 16.9 Å². The molecule has 18 heavy (non-hydrogen) atoms. The Hall–Kier alpha value is -2.29. The lowest BCUT2D eigenvalue weighted by atomic mass is 10.1. The number of benzene rings is 2. The highest BCUT2D eigenvalue weighted by Gasteiger charge is 1.98. The van der Waals surface area contributed by atoms with Gasteiger partial charge in [0.05, 0.1) is 5.84 Å². The Morgan fingerprint density at radius 1 is 0.944 bits per heavy atom. The summed E-state index contributed by atoms with van der Waals surface area (Å²) in [4.78, 5) is 0. The second kappa shape index (κ2) is 5.87. The molecule has 0 saturated heterocycles. The van der Waals surface area contributed by atoms with Gasteiger partial charge in [0.1, 0.15) is 12.4 Å². The van der Waals surface area contributed by atoms with Crippen LogP contribution in [0.5, 0.6) is 5.75 Å². The van der Waals surface area contributed by atoms with Crippen molar-refractivity contribution in [3.63, 3.8) is 0 Å². The largest absolute Gasteiger partial charge is 0.489 e. The van der Waals surface area contributed by atoms with Gasteiger partial charge in [-0.15, -0.1) is 0 Å². The van der Waals surface area contributed by atoms with E-state index in [1.165, 1.54) is 0 Å². The van der Waals surface area contributed by atoms with Crippen LogP contribution in [0.2, 0.25) is 0 Å². The lowest BCUT2D eigenvalue weighted by Crippen LogP contribution is -2.12. The molecule has 0 aliphatic carbocycles. The highest BCUT2D eigenvalue weighted by Crippen LogP contribution is 2.14. The predicted octanol–water partition coefficient (Wildman–Crippen LogP) is 2.74. The minimum atomic E-state index is 0.174. The molecule has 3 nitrogen and oxygen atoms in total. The maximum Gasteiger partial charge on any atom is 0.119 e. The Morgan fingerprint density at radius 3 is 2.22 bits per heavy atom. The highest BCUT2D eigenvalue weighted by atomic mass is 16.5. The van der Waals surface area contributed by atoms with Gasteiger partial charge in [-0.1, -0.05) is 42.5 Å². The normalized spacial score (nSPS) is 10.0. The fraction of sp³-hybridized carbons (Fsp3) is 0.133. The molecule has 0 aliphatic heterocycles. The topological polar surface area (TPSA) is 59.1 Å². The summed E-state index contributed by atoms with van der Waals surface area (Å²) in [5, 5.41) is 7.23. The Morgan fingerprint density at radius 2 is 1.61 bits per heavy atom. The zero-order valence-corrected chi connectivity index (χ0v) is 10.1. The number of nitrogens with one attached hydrogen (secondary N) is 1. The van der Waals surface area contributed by atoms with Crippen LogP contribution in [0, 0.1) is 5.41 Å².